The van der Waals surface area contributed by atoms with E-state index in [1.54, 1.807) is 0 Å². The molecular formula is C40H78O6. The summed E-state index contributed by atoms with van der Waals surface area (Å²) < 4.78 is 31.6. The lowest BCUT2D eigenvalue weighted by Gasteiger charge is -2.42. The van der Waals surface area contributed by atoms with Crippen molar-refractivity contribution in [3.8, 4) is 0 Å². The zero-order valence-corrected chi connectivity index (χ0v) is 31.3. The van der Waals surface area contributed by atoms with E-state index in [-0.39, 0.29) is 42.9 Å². The fourth-order valence-corrected chi connectivity index (χ4v) is 6.34. The molecule has 6 heteroatoms. The summed E-state index contributed by atoms with van der Waals surface area (Å²) in [7, 11) is 0. The van der Waals surface area contributed by atoms with Crippen LogP contribution in [-0.4, -0.2) is 63.4 Å². The SMILES string of the molecule is CCCCCCCCCCC(CCCCCCCCCC)C(=O)OCC1OCC(OCCCC)[C@@H](OCCCC)[C@@H]1OCCCC. The number of esters is 1. The second kappa shape index (κ2) is 31.6. The Morgan fingerprint density at radius 3 is 1.43 bits per heavy atom. The van der Waals surface area contributed by atoms with Gasteiger partial charge in [-0.15, -0.1) is 0 Å². The van der Waals surface area contributed by atoms with Crippen LogP contribution in [0.15, 0.2) is 0 Å². The van der Waals surface area contributed by atoms with Crippen molar-refractivity contribution < 1.29 is 28.5 Å². The predicted molar refractivity (Wildman–Crippen MR) is 193 cm³/mol. The molecule has 0 amide bonds. The van der Waals surface area contributed by atoms with Gasteiger partial charge in [-0.25, -0.2) is 0 Å². The van der Waals surface area contributed by atoms with Gasteiger partial charge in [-0.2, -0.15) is 0 Å². The Morgan fingerprint density at radius 2 is 0.957 bits per heavy atom. The minimum Gasteiger partial charge on any atom is -0.463 e. The predicted octanol–water partition coefficient (Wildman–Crippen LogP) is 11.2. The standard InChI is InChI=1S/C40H78O6/c1-6-11-16-18-20-22-24-26-28-35(29-27-25-23-21-19-17-12-7-2)40(41)46-34-37-39(44-32-15-10-5)38(43-31-14-9-4)36(33-45-37)42-30-13-8-3/h35-39H,6-34H2,1-5H3/t36?,37?,38-,39-/m1/s1. The quantitative estimate of drug-likeness (QED) is 0.0518. The Bertz CT molecular complexity index is 638. The van der Waals surface area contributed by atoms with Crippen LogP contribution >= 0.6 is 0 Å². The van der Waals surface area contributed by atoms with E-state index in [0.717, 1.165) is 64.2 Å². The van der Waals surface area contributed by atoms with Crippen LogP contribution in [0.5, 0.6) is 0 Å². The minimum atomic E-state index is -0.342. The molecule has 1 saturated heterocycles. The van der Waals surface area contributed by atoms with Crippen LogP contribution in [-0.2, 0) is 28.5 Å². The highest BCUT2D eigenvalue weighted by molar-refractivity contribution is 5.72. The van der Waals surface area contributed by atoms with E-state index in [1.807, 2.05) is 0 Å². The van der Waals surface area contributed by atoms with Gasteiger partial charge < -0.3 is 23.7 Å². The summed E-state index contributed by atoms with van der Waals surface area (Å²) >= 11 is 0. The third-order valence-electron chi connectivity index (χ3n) is 9.51. The van der Waals surface area contributed by atoms with E-state index in [9.17, 15) is 4.79 Å². The van der Waals surface area contributed by atoms with Crippen molar-refractivity contribution in [1.29, 1.82) is 0 Å². The summed E-state index contributed by atoms with van der Waals surface area (Å²) in [5.41, 5.74) is 0. The molecule has 1 fully saturated rings. The first-order chi connectivity index (χ1) is 22.6. The molecule has 46 heavy (non-hydrogen) atoms. The van der Waals surface area contributed by atoms with Gasteiger partial charge in [0, 0.05) is 19.8 Å². The van der Waals surface area contributed by atoms with E-state index in [0.29, 0.717) is 26.4 Å². The largest absolute Gasteiger partial charge is 0.463 e. The topological polar surface area (TPSA) is 63.2 Å². The monoisotopic (exact) mass is 655 g/mol. The van der Waals surface area contributed by atoms with Gasteiger partial charge in [0.2, 0.25) is 0 Å². The van der Waals surface area contributed by atoms with Crippen molar-refractivity contribution in [1.82, 2.24) is 0 Å². The maximum atomic E-state index is 13.6. The summed E-state index contributed by atoms with van der Waals surface area (Å²) in [6, 6.07) is 0. The van der Waals surface area contributed by atoms with Gasteiger partial charge >= 0.3 is 5.97 Å². The van der Waals surface area contributed by atoms with Crippen LogP contribution in [0.1, 0.15) is 189 Å². The molecule has 274 valence electrons. The van der Waals surface area contributed by atoms with Crippen molar-refractivity contribution in [2.75, 3.05) is 33.0 Å². The van der Waals surface area contributed by atoms with Crippen LogP contribution in [0.2, 0.25) is 0 Å². The summed E-state index contributed by atoms with van der Waals surface area (Å²) in [5, 5.41) is 0. The van der Waals surface area contributed by atoms with Crippen molar-refractivity contribution in [3.63, 3.8) is 0 Å². The lowest BCUT2D eigenvalue weighted by molar-refractivity contribution is -0.238. The molecular weight excluding hydrogens is 576 g/mol. The average molecular weight is 655 g/mol. The molecule has 6 nitrogen and oxygen atoms in total. The molecule has 1 aliphatic rings. The van der Waals surface area contributed by atoms with Crippen LogP contribution in [0, 0.1) is 5.92 Å². The number of rotatable bonds is 33. The van der Waals surface area contributed by atoms with Crippen LogP contribution in [0.3, 0.4) is 0 Å². The molecule has 0 aromatic heterocycles. The molecule has 1 aliphatic heterocycles. The molecule has 0 radical (unpaired) electrons. The van der Waals surface area contributed by atoms with Crippen LogP contribution in [0.4, 0.5) is 0 Å². The van der Waals surface area contributed by atoms with E-state index in [1.165, 1.54) is 89.9 Å². The van der Waals surface area contributed by atoms with Crippen molar-refractivity contribution in [2.24, 2.45) is 5.92 Å². The fourth-order valence-electron chi connectivity index (χ4n) is 6.34. The second-order valence-electron chi connectivity index (χ2n) is 13.9. The first kappa shape index (κ1) is 43.3. The Hall–Kier alpha value is -0.690. The van der Waals surface area contributed by atoms with Gasteiger partial charge in [0.15, 0.2) is 0 Å². The molecule has 0 bridgehead atoms. The van der Waals surface area contributed by atoms with E-state index < -0.39 is 0 Å². The molecule has 4 atom stereocenters. The van der Waals surface area contributed by atoms with Gasteiger partial charge in [-0.05, 0) is 32.1 Å². The summed E-state index contributed by atoms with van der Waals surface area (Å²) in [4.78, 5) is 13.6. The maximum absolute atomic E-state index is 13.6. The third kappa shape index (κ3) is 21.3. The molecule has 0 N–H and O–H groups in total. The zero-order valence-electron chi connectivity index (χ0n) is 31.3. The van der Waals surface area contributed by atoms with Crippen molar-refractivity contribution in [2.45, 2.75) is 213 Å². The highest BCUT2D eigenvalue weighted by Crippen LogP contribution is 2.27. The minimum absolute atomic E-state index is 0.0232. The van der Waals surface area contributed by atoms with E-state index >= 15 is 0 Å². The summed E-state index contributed by atoms with van der Waals surface area (Å²) in [6.07, 6.45) is 27.5. The second-order valence-corrected chi connectivity index (χ2v) is 13.9. The van der Waals surface area contributed by atoms with E-state index in [4.69, 9.17) is 23.7 Å². The molecule has 0 spiro atoms. The average Bonchev–Trinajstić information content (AvgIpc) is 3.06. The van der Waals surface area contributed by atoms with Gasteiger partial charge in [0.25, 0.3) is 0 Å². The molecule has 0 aliphatic carbocycles. The Balaban J connectivity index is 2.78. The summed E-state index contributed by atoms with van der Waals surface area (Å²) in [5.74, 6) is -0.0727. The third-order valence-corrected chi connectivity index (χ3v) is 9.51. The molecule has 0 saturated carbocycles. The maximum Gasteiger partial charge on any atom is 0.309 e. The van der Waals surface area contributed by atoms with Gasteiger partial charge in [-0.3, -0.25) is 4.79 Å². The van der Waals surface area contributed by atoms with Crippen molar-refractivity contribution >= 4 is 5.97 Å². The lowest BCUT2D eigenvalue weighted by atomic mass is 9.94. The summed E-state index contributed by atoms with van der Waals surface area (Å²) in [6.45, 7) is 13.7. The zero-order chi connectivity index (χ0) is 33.5. The highest BCUT2D eigenvalue weighted by Gasteiger charge is 2.43. The molecule has 1 heterocycles. The first-order valence-corrected chi connectivity index (χ1v) is 20.3. The molecule has 2 unspecified atom stereocenters. The number of ether oxygens (including phenoxy) is 5. The van der Waals surface area contributed by atoms with Gasteiger partial charge in [0.05, 0.1) is 12.5 Å². The number of carbonyl (C=O) groups excluding carboxylic acids is 1. The van der Waals surface area contributed by atoms with Crippen molar-refractivity contribution in [3.05, 3.63) is 0 Å². The highest BCUT2D eigenvalue weighted by atomic mass is 16.6. The number of hydrogen-bond donors (Lipinski definition) is 0. The van der Waals surface area contributed by atoms with Crippen LogP contribution in [0.25, 0.3) is 0 Å². The van der Waals surface area contributed by atoms with E-state index in [2.05, 4.69) is 34.6 Å². The molecule has 1 rings (SSSR count). The Kier molecular flexibility index (Phi) is 29.7. The number of carbonyl (C=O) groups is 1. The van der Waals surface area contributed by atoms with Crippen LogP contribution < -0.4 is 0 Å². The number of unbranched alkanes of at least 4 members (excludes halogenated alkanes) is 17. The lowest BCUT2D eigenvalue weighted by Crippen LogP contribution is -2.57. The Labute approximate surface area is 286 Å². The van der Waals surface area contributed by atoms with Gasteiger partial charge in [0.1, 0.15) is 31.0 Å². The molecule has 0 aromatic rings. The molecule has 0 aromatic carbocycles. The van der Waals surface area contributed by atoms with Gasteiger partial charge in [-0.1, -0.05) is 157 Å². The number of hydrogen-bond acceptors (Lipinski definition) is 6. The normalized spacial score (nSPS) is 20.0. The first-order valence-electron chi connectivity index (χ1n) is 20.3. The fraction of sp³-hybridized carbons (Fsp3) is 0.975. The smallest absolute Gasteiger partial charge is 0.309 e. The Morgan fingerprint density at radius 1 is 0.543 bits per heavy atom.